The van der Waals surface area contributed by atoms with E-state index in [1.807, 2.05) is 0 Å². The minimum absolute atomic E-state index is 0.0899. The van der Waals surface area contributed by atoms with Gasteiger partial charge in [0.25, 0.3) is 10.0 Å². The van der Waals surface area contributed by atoms with Gasteiger partial charge in [0, 0.05) is 38.4 Å². The first-order valence-electron chi connectivity index (χ1n) is 6.99. The molecule has 21 heavy (non-hydrogen) atoms. The highest BCUT2D eigenvalue weighted by molar-refractivity contribution is 7.91. The molecule has 0 amide bonds. The normalized spacial score (nSPS) is 18.2. The number of likely N-dealkylation sites (N-methyl/N-ethyl adjacent to an activating group) is 1. The van der Waals surface area contributed by atoms with Crippen LogP contribution >= 0.6 is 11.3 Å². The van der Waals surface area contributed by atoms with Crippen molar-refractivity contribution in [2.45, 2.75) is 17.6 Å². The molecule has 0 radical (unpaired) electrons. The van der Waals surface area contributed by atoms with Crippen LogP contribution in [0.15, 0.2) is 9.00 Å². The van der Waals surface area contributed by atoms with E-state index in [0.29, 0.717) is 12.2 Å². The maximum absolute atomic E-state index is 12.1. The Balaban J connectivity index is 1.78. The molecule has 1 saturated heterocycles. The van der Waals surface area contributed by atoms with E-state index in [9.17, 15) is 13.2 Å². The van der Waals surface area contributed by atoms with Crippen LogP contribution in [0.2, 0.25) is 0 Å². The molecule has 0 spiro atoms. The number of aryl methyl sites for hydroxylation is 1. The molecule has 1 aliphatic heterocycles. The Morgan fingerprint density at radius 1 is 1.29 bits per heavy atom. The molecule has 1 fully saturated rings. The molecular weight excluding hydrogens is 312 g/mol. The van der Waals surface area contributed by atoms with Gasteiger partial charge in [0.1, 0.15) is 0 Å². The highest BCUT2D eigenvalue weighted by Crippen LogP contribution is 2.15. The molecule has 9 heteroatoms. The van der Waals surface area contributed by atoms with Crippen molar-refractivity contribution >= 4 is 21.4 Å². The van der Waals surface area contributed by atoms with Crippen LogP contribution in [0.5, 0.6) is 0 Å². The third kappa shape index (κ3) is 4.62. The molecule has 1 aliphatic rings. The molecule has 0 atom stereocenters. The first-order chi connectivity index (χ1) is 9.88. The summed E-state index contributed by atoms with van der Waals surface area (Å²) in [5, 5.41) is 0. The summed E-state index contributed by atoms with van der Waals surface area (Å²) < 4.78 is 26.8. The Hall–Kier alpha value is -0.740. The molecule has 120 valence electrons. The molecule has 0 bridgehead atoms. The molecule has 7 nitrogen and oxygen atoms in total. The maximum Gasteiger partial charge on any atom is 0.305 e. The predicted octanol–water partition coefficient (Wildman–Crippen LogP) is -0.339. The van der Waals surface area contributed by atoms with E-state index >= 15 is 0 Å². The van der Waals surface area contributed by atoms with Crippen molar-refractivity contribution in [2.75, 3.05) is 46.3 Å². The summed E-state index contributed by atoms with van der Waals surface area (Å²) in [6.07, 6.45) is 0.765. The molecule has 0 aromatic carbocycles. The Morgan fingerprint density at radius 3 is 2.52 bits per heavy atom. The van der Waals surface area contributed by atoms with Gasteiger partial charge in [0.2, 0.25) is 0 Å². The summed E-state index contributed by atoms with van der Waals surface area (Å²) in [5.74, 6) is 0. The number of aromatic nitrogens is 1. The Kier molecular flexibility index (Phi) is 5.55. The summed E-state index contributed by atoms with van der Waals surface area (Å²) in [4.78, 5) is 18.0. The number of aromatic amines is 1. The van der Waals surface area contributed by atoms with E-state index < -0.39 is 10.0 Å². The van der Waals surface area contributed by atoms with Gasteiger partial charge in [-0.15, -0.1) is 0 Å². The topological polar surface area (TPSA) is 85.5 Å². The van der Waals surface area contributed by atoms with Gasteiger partial charge in [-0.05, 0) is 26.9 Å². The van der Waals surface area contributed by atoms with Crippen LogP contribution in [0, 0.1) is 6.92 Å². The minimum Gasteiger partial charge on any atom is -0.315 e. The largest absolute Gasteiger partial charge is 0.315 e. The number of thiazole rings is 1. The van der Waals surface area contributed by atoms with E-state index in [1.54, 1.807) is 6.92 Å². The molecule has 1 aromatic heterocycles. The number of nitrogens with zero attached hydrogens (tertiary/aromatic N) is 2. The number of rotatable bonds is 6. The second-order valence-corrected chi connectivity index (χ2v) is 8.27. The van der Waals surface area contributed by atoms with Crippen LogP contribution in [0.1, 0.15) is 12.1 Å². The number of hydrogen-bond acceptors (Lipinski definition) is 6. The van der Waals surface area contributed by atoms with Crippen molar-refractivity contribution in [3.63, 3.8) is 0 Å². The molecule has 0 saturated carbocycles. The van der Waals surface area contributed by atoms with Gasteiger partial charge in [-0.1, -0.05) is 11.3 Å². The monoisotopic (exact) mass is 334 g/mol. The van der Waals surface area contributed by atoms with Crippen LogP contribution in [0.3, 0.4) is 0 Å². The number of hydrogen-bond donors (Lipinski definition) is 2. The van der Waals surface area contributed by atoms with E-state index in [4.69, 9.17) is 0 Å². The standard InChI is InChI=1S/C12H22N4O3S2/c1-10-11(20-12(17)14-10)21(18,19)13-4-3-5-16-8-6-15(2)7-9-16/h13H,3-9H2,1-2H3,(H,14,17). The Morgan fingerprint density at radius 2 is 1.95 bits per heavy atom. The van der Waals surface area contributed by atoms with Crippen molar-refractivity contribution in [3.8, 4) is 0 Å². The quantitative estimate of drug-likeness (QED) is 0.695. The zero-order chi connectivity index (χ0) is 15.5. The fourth-order valence-corrected chi connectivity index (χ4v) is 4.71. The van der Waals surface area contributed by atoms with Gasteiger partial charge in [0.15, 0.2) is 4.21 Å². The highest BCUT2D eigenvalue weighted by Gasteiger charge is 2.20. The van der Waals surface area contributed by atoms with Crippen LogP contribution < -0.4 is 9.60 Å². The van der Waals surface area contributed by atoms with Gasteiger partial charge in [0.05, 0.1) is 0 Å². The van der Waals surface area contributed by atoms with Gasteiger partial charge in [-0.3, -0.25) is 4.79 Å². The van der Waals surface area contributed by atoms with Crippen LogP contribution in [-0.2, 0) is 10.0 Å². The first-order valence-corrected chi connectivity index (χ1v) is 9.29. The molecular formula is C12H22N4O3S2. The number of nitrogens with one attached hydrogen (secondary N) is 2. The lowest BCUT2D eigenvalue weighted by Crippen LogP contribution is -2.45. The van der Waals surface area contributed by atoms with E-state index in [0.717, 1.165) is 50.5 Å². The van der Waals surface area contributed by atoms with Crippen molar-refractivity contribution in [3.05, 3.63) is 15.4 Å². The summed E-state index contributed by atoms with van der Waals surface area (Å²) in [7, 11) is -1.46. The lowest BCUT2D eigenvalue weighted by atomic mass is 10.3. The summed E-state index contributed by atoms with van der Waals surface area (Å²) in [6, 6.07) is 0. The third-order valence-electron chi connectivity index (χ3n) is 3.56. The van der Waals surface area contributed by atoms with Gasteiger partial charge in [-0.25, -0.2) is 13.1 Å². The highest BCUT2D eigenvalue weighted by atomic mass is 32.2. The summed E-state index contributed by atoms with van der Waals surface area (Å²) >= 11 is 0.730. The van der Waals surface area contributed by atoms with Crippen LogP contribution in [0.25, 0.3) is 0 Å². The first kappa shape index (κ1) is 16.6. The molecule has 1 aromatic rings. The molecule has 2 heterocycles. The molecule has 2 N–H and O–H groups in total. The van der Waals surface area contributed by atoms with Crippen molar-refractivity contribution < 1.29 is 8.42 Å². The zero-order valence-electron chi connectivity index (χ0n) is 12.4. The van der Waals surface area contributed by atoms with Gasteiger partial charge < -0.3 is 14.8 Å². The van der Waals surface area contributed by atoms with E-state index in [-0.39, 0.29) is 9.08 Å². The third-order valence-corrected chi connectivity index (χ3v) is 6.63. The number of H-pyrrole nitrogens is 1. The second-order valence-electron chi connectivity index (χ2n) is 5.32. The summed E-state index contributed by atoms with van der Waals surface area (Å²) in [5.41, 5.74) is 0.400. The number of piperazine rings is 1. The van der Waals surface area contributed by atoms with E-state index in [1.165, 1.54) is 0 Å². The smallest absolute Gasteiger partial charge is 0.305 e. The number of sulfonamides is 1. The fraction of sp³-hybridized carbons (Fsp3) is 0.750. The maximum atomic E-state index is 12.1. The van der Waals surface area contributed by atoms with Gasteiger partial charge in [-0.2, -0.15) is 0 Å². The fourth-order valence-electron chi connectivity index (χ4n) is 2.29. The minimum atomic E-state index is -3.57. The molecule has 0 aliphatic carbocycles. The van der Waals surface area contributed by atoms with Crippen LogP contribution in [-0.4, -0.2) is 69.5 Å². The predicted molar refractivity (Wildman–Crippen MR) is 83.4 cm³/mol. The lowest BCUT2D eigenvalue weighted by Gasteiger charge is -2.32. The average molecular weight is 334 g/mol. The molecule has 2 rings (SSSR count). The lowest BCUT2D eigenvalue weighted by molar-refractivity contribution is 0.153. The van der Waals surface area contributed by atoms with Gasteiger partial charge >= 0.3 is 4.87 Å². The SMILES string of the molecule is Cc1[nH]c(=O)sc1S(=O)(=O)NCCCN1CCN(C)CC1. The Bertz CT molecular complexity index is 615. The van der Waals surface area contributed by atoms with Crippen molar-refractivity contribution in [1.29, 1.82) is 0 Å². The summed E-state index contributed by atoms with van der Waals surface area (Å²) in [6.45, 7) is 7.05. The average Bonchev–Trinajstić information content (AvgIpc) is 2.77. The second kappa shape index (κ2) is 7.01. The Labute approximate surface area is 129 Å². The molecule has 0 unspecified atom stereocenters. The van der Waals surface area contributed by atoms with Crippen molar-refractivity contribution in [1.82, 2.24) is 19.5 Å². The van der Waals surface area contributed by atoms with Crippen molar-refractivity contribution in [2.24, 2.45) is 0 Å². The van der Waals surface area contributed by atoms with Crippen LogP contribution in [0.4, 0.5) is 0 Å². The zero-order valence-corrected chi connectivity index (χ0v) is 14.0. The van der Waals surface area contributed by atoms with E-state index in [2.05, 4.69) is 26.6 Å².